The lowest BCUT2D eigenvalue weighted by Gasteiger charge is -2.12. The number of nitrogens with zero attached hydrogens (tertiary/aromatic N) is 2. The van der Waals surface area contributed by atoms with Crippen LogP contribution < -0.4 is 9.47 Å². The molecule has 1 heterocycles. The first kappa shape index (κ1) is 22.1. The molecule has 1 aromatic heterocycles. The summed E-state index contributed by atoms with van der Waals surface area (Å²) in [6.07, 6.45) is 2.48. The molecule has 0 unspecified atom stereocenters. The van der Waals surface area contributed by atoms with Gasteiger partial charge in [-0.3, -0.25) is 0 Å². The number of hydrogen-bond acceptors (Lipinski definition) is 7. The Balaban J connectivity index is 1.78. The Bertz CT molecular complexity index is 1090. The van der Waals surface area contributed by atoms with Crippen molar-refractivity contribution in [2.24, 2.45) is 5.16 Å². The van der Waals surface area contributed by atoms with Crippen molar-refractivity contribution in [1.82, 2.24) is 4.98 Å². The average molecular weight is 422 g/mol. The fourth-order valence-corrected chi connectivity index (χ4v) is 3.21. The van der Waals surface area contributed by atoms with Crippen molar-refractivity contribution in [3.8, 4) is 11.5 Å². The summed E-state index contributed by atoms with van der Waals surface area (Å²) < 4.78 is 16.0. The fraction of sp³-hybridized carbons (Fsp3) is 0.292. The van der Waals surface area contributed by atoms with Crippen LogP contribution in [0.1, 0.15) is 40.5 Å². The van der Waals surface area contributed by atoms with Gasteiger partial charge in [-0.2, -0.15) is 0 Å². The summed E-state index contributed by atoms with van der Waals surface area (Å²) in [5.41, 5.74) is 3.24. The number of pyridine rings is 1. The quantitative estimate of drug-likeness (QED) is 0.283. The van der Waals surface area contributed by atoms with Gasteiger partial charge in [-0.15, -0.1) is 0 Å². The van der Waals surface area contributed by atoms with Crippen LogP contribution in [0.2, 0.25) is 0 Å². The molecule has 3 rings (SSSR count). The van der Waals surface area contributed by atoms with Crippen LogP contribution in [0.15, 0.2) is 47.6 Å². The van der Waals surface area contributed by atoms with Crippen LogP contribution in [0.25, 0.3) is 10.9 Å². The molecule has 0 aliphatic heterocycles. The van der Waals surface area contributed by atoms with Gasteiger partial charge in [0.1, 0.15) is 0 Å². The van der Waals surface area contributed by atoms with E-state index in [0.717, 1.165) is 28.5 Å². The normalized spacial score (nSPS) is 11.0. The smallest absolute Gasteiger partial charge is 0.340 e. The molecule has 0 atom stereocenters. The van der Waals surface area contributed by atoms with Crippen LogP contribution in [0, 0.1) is 6.92 Å². The third-order valence-corrected chi connectivity index (χ3v) is 4.74. The van der Waals surface area contributed by atoms with E-state index < -0.39 is 5.97 Å². The van der Waals surface area contributed by atoms with Crippen molar-refractivity contribution in [3.05, 3.63) is 64.8 Å². The van der Waals surface area contributed by atoms with Gasteiger partial charge < -0.3 is 19.0 Å². The molecule has 0 aliphatic rings. The molecule has 0 spiro atoms. The monoisotopic (exact) mass is 422 g/mol. The maximum absolute atomic E-state index is 12.3. The molecule has 0 amide bonds. The second-order valence-electron chi connectivity index (χ2n) is 6.83. The van der Waals surface area contributed by atoms with E-state index in [1.807, 2.05) is 56.3 Å². The van der Waals surface area contributed by atoms with Crippen molar-refractivity contribution in [3.63, 3.8) is 0 Å². The van der Waals surface area contributed by atoms with Gasteiger partial charge in [0, 0.05) is 10.9 Å². The highest BCUT2D eigenvalue weighted by Gasteiger charge is 2.19. The predicted octanol–water partition coefficient (Wildman–Crippen LogP) is 4.68. The van der Waals surface area contributed by atoms with Gasteiger partial charge in [-0.05, 0) is 43.2 Å². The largest absolute Gasteiger partial charge is 0.493 e. The number of aryl methyl sites for hydroxylation is 1. The predicted molar refractivity (Wildman–Crippen MR) is 119 cm³/mol. The van der Waals surface area contributed by atoms with Gasteiger partial charge in [0.25, 0.3) is 0 Å². The maximum atomic E-state index is 12.3. The minimum atomic E-state index is -0.453. The van der Waals surface area contributed by atoms with Crippen LogP contribution in [0.4, 0.5) is 0 Å². The molecule has 7 heteroatoms. The summed E-state index contributed by atoms with van der Waals surface area (Å²) in [4.78, 5) is 22.4. The average Bonchev–Trinajstić information content (AvgIpc) is 2.80. The number of fused-ring (bicyclic) bond motifs is 1. The molecule has 162 valence electrons. The van der Waals surface area contributed by atoms with Gasteiger partial charge in [-0.25, -0.2) is 9.78 Å². The number of benzene rings is 2. The van der Waals surface area contributed by atoms with Gasteiger partial charge in [-0.1, -0.05) is 30.3 Å². The molecule has 0 bridgehead atoms. The van der Waals surface area contributed by atoms with Crippen molar-refractivity contribution in [1.29, 1.82) is 0 Å². The third-order valence-electron chi connectivity index (χ3n) is 4.74. The van der Waals surface area contributed by atoms with Gasteiger partial charge >= 0.3 is 5.97 Å². The number of methoxy groups -OCH3 is 2. The van der Waals surface area contributed by atoms with E-state index in [2.05, 4.69) is 10.1 Å². The molecule has 31 heavy (non-hydrogen) atoms. The van der Waals surface area contributed by atoms with Crippen molar-refractivity contribution in [2.75, 3.05) is 20.8 Å². The maximum Gasteiger partial charge on any atom is 0.340 e. The fourth-order valence-electron chi connectivity index (χ4n) is 3.21. The second kappa shape index (κ2) is 10.4. The van der Waals surface area contributed by atoms with Crippen LogP contribution in [-0.2, 0) is 16.2 Å². The molecule has 0 aliphatic carbocycles. The molecular weight excluding hydrogens is 396 g/mol. The standard InChI is InChI=1S/C24H26N2O5/c1-5-12-30-21-11-10-17(13-22(21)28-3)14-25-31-15-20-23(24(27)29-4)16(2)18-8-6-7-9-19(18)26-20/h6-11,13-14H,5,12,15H2,1-4H3/b25-14-. The van der Waals surface area contributed by atoms with Gasteiger partial charge in [0.05, 0.1) is 43.8 Å². The van der Waals surface area contributed by atoms with Gasteiger partial charge in [0.15, 0.2) is 18.1 Å². The summed E-state index contributed by atoms with van der Waals surface area (Å²) in [7, 11) is 2.94. The van der Waals surface area contributed by atoms with E-state index in [1.54, 1.807) is 13.3 Å². The molecule has 0 fully saturated rings. The summed E-state index contributed by atoms with van der Waals surface area (Å²) >= 11 is 0. The number of ether oxygens (including phenoxy) is 3. The Morgan fingerprint density at radius 1 is 1.13 bits per heavy atom. The number of carbonyl (C=O) groups excluding carboxylic acids is 1. The van der Waals surface area contributed by atoms with Crippen molar-refractivity contribution >= 4 is 23.1 Å². The number of carbonyl (C=O) groups is 1. The first-order chi connectivity index (χ1) is 15.1. The van der Waals surface area contributed by atoms with E-state index in [-0.39, 0.29) is 6.61 Å². The molecule has 0 N–H and O–H groups in total. The molecular formula is C24H26N2O5. The highest BCUT2D eigenvalue weighted by atomic mass is 16.6. The zero-order valence-corrected chi connectivity index (χ0v) is 18.2. The number of para-hydroxylation sites is 1. The first-order valence-electron chi connectivity index (χ1n) is 10.0. The van der Waals surface area contributed by atoms with E-state index in [9.17, 15) is 4.79 Å². The minimum absolute atomic E-state index is 0.0292. The van der Waals surface area contributed by atoms with E-state index in [0.29, 0.717) is 29.4 Å². The molecule has 2 aromatic carbocycles. The van der Waals surface area contributed by atoms with Crippen molar-refractivity contribution in [2.45, 2.75) is 26.9 Å². The molecule has 0 saturated heterocycles. The lowest BCUT2D eigenvalue weighted by Crippen LogP contribution is -2.11. The highest BCUT2D eigenvalue weighted by Crippen LogP contribution is 2.28. The summed E-state index contributed by atoms with van der Waals surface area (Å²) in [6.45, 7) is 4.56. The summed E-state index contributed by atoms with van der Waals surface area (Å²) in [5.74, 6) is 0.851. The lowest BCUT2D eigenvalue weighted by atomic mass is 10.0. The number of rotatable bonds is 9. The first-order valence-corrected chi connectivity index (χ1v) is 10.0. The number of esters is 1. The molecule has 3 aromatic rings. The Labute approximate surface area is 181 Å². The van der Waals surface area contributed by atoms with E-state index in [4.69, 9.17) is 19.0 Å². The third kappa shape index (κ3) is 5.12. The SMILES string of the molecule is CCCOc1ccc(/C=N\OCc2nc3ccccc3c(C)c2C(=O)OC)cc1OC. The van der Waals surface area contributed by atoms with Gasteiger partial charge in [0.2, 0.25) is 0 Å². The van der Waals surface area contributed by atoms with Crippen LogP contribution >= 0.6 is 0 Å². The van der Waals surface area contributed by atoms with E-state index >= 15 is 0 Å². The Morgan fingerprint density at radius 3 is 2.68 bits per heavy atom. The highest BCUT2D eigenvalue weighted by molar-refractivity contribution is 5.98. The van der Waals surface area contributed by atoms with E-state index in [1.165, 1.54) is 7.11 Å². The lowest BCUT2D eigenvalue weighted by molar-refractivity contribution is 0.0591. The zero-order chi connectivity index (χ0) is 22.2. The summed E-state index contributed by atoms with van der Waals surface area (Å²) in [6, 6.07) is 13.1. The second-order valence-corrected chi connectivity index (χ2v) is 6.83. The minimum Gasteiger partial charge on any atom is -0.493 e. The van der Waals surface area contributed by atoms with Crippen LogP contribution in [-0.4, -0.2) is 38.0 Å². The number of hydrogen-bond donors (Lipinski definition) is 0. The topological polar surface area (TPSA) is 79.2 Å². The Hall–Kier alpha value is -3.61. The molecule has 0 saturated carbocycles. The Kier molecular flexibility index (Phi) is 7.43. The molecule has 0 radical (unpaired) electrons. The number of oxime groups is 1. The van der Waals surface area contributed by atoms with Crippen molar-refractivity contribution < 1.29 is 23.8 Å². The number of aromatic nitrogens is 1. The summed E-state index contributed by atoms with van der Waals surface area (Å²) in [5, 5.41) is 4.92. The molecule has 7 nitrogen and oxygen atoms in total. The Morgan fingerprint density at radius 2 is 1.94 bits per heavy atom. The van der Waals surface area contributed by atoms with Crippen LogP contribution in [0.5, 0.6) is 11.5 Å². The zero-order valence-electron chi connectivity index (χ0n) is 18.2. The van der Waals surface area contributed by atoms with Crippen LogP contribution in [0.3, 0.4) is 0 Å².